The molecule has 3 rings (SSSR count). The van der Waals surface area contributed by atoms with E-state index in [0.29, 0.717) is 49.7 Å². The predicted molar refractivity (Wildman–Crippen MR) is 162 cm³/mol. The van der Waals surface area contributed by atoms with Gasteiger partial charge in [0.25, 0.3) is 0 Å². The summed E-state index contributed by atoms with van der Waals surface area (Å²) >= 11 is 6.06. The lowest BCUT2D eigenvalue weighted by atomic mass is 10.0. The summed E-state index contributed by atoms with van der Waals surface area (Å²) in [5, 5.41) is 15.7. The van der Waals surface area contributed by atoms with E-state index in [0.717, 1.165) is 16.9 Å². The van der Waals surface area contributed by atoms with Crippen LogP contribution < -0.4 is 31.3 Å². The Morgan fingerprint density at radius 3 is 2.44 bits per heavy atom. The van der Waals surface area contributed by atoms with Crippen molar-refractivity contribution in [2.24, 2.45) is 5.92 Å². The highest BCUT2D eigenvalue weighted by atomic mass is 35.5. The lowest BCUT2D eigenvalue weighted by Gasteiger charge is -2.28. The minimum Gasteiger partial charge on any atom is -0.492 e. The first-order valence-corrected chi connectivity index (χ1v) is 14.5. The Morgan fingerprint density at radius 2 is 1.73 bits per heavy atom. The molecule has 0 aromatic heterocycles. The van der Waals surface area contributed by atoms with Crippen molar-refractivity contribution in [3.63, 3.8) is 0 Å². The third kappa shape index (κ3) is 10.4. The number of hydrogen-bond donors (Lipinski definition) is 5. The van der Waals surface area contributed by atoms with Gasteiger partial charge in [-0.1, -0.05) is 62.4 Å². The third-order valence-corrected chi connectivity index (χ3v) is 7.05. The van der Waals surface area contributed by atoms with Gasteiger partial charge < -0.3 is 31.3 Å². The van der Waals surface area contributed by atoms with Crippen LogP contribution in [0.4, 0.5) is 0 Å². The van der Waals surface area contributed by atoms with E-state index in [9.17, 15) is 14.4 Å². The molecule has 2 aromatic rings. The summed E-state index contributed by atoms with van der Waals surface area (Å²) in [5.41, 5.74) is 2.63. The number of hydrogen-bond acceptors (Lipinski definition) is 6. The Bertz CT molecular complexity index is 1190. The highest BCUT2D eigenvalue weighted by molar-refractivity contribution is 6.30. The van der Waals surface area contributed by atoms with E-state index in [2.05, 4.69) is 33.2 Å². The first-order chi connectivity index (χ1) is 19.6. The Kier molecular flexibility index (Phi) is 12.5. The van der Waals surface area contributed by atoms with Crippen molar-refractivity contribution < 1.29 is 19.1 Å². The monoisotopic (exact) mass is 583 g/mol. The maximum absolute atomic E-state index is 13.6. The molecule has 0 bridgehead atoms. The Balaban J connectivity index is 1.86. The van der Waals surface area contributed by atoms with Gasteiger partial charge >= 0.3 is 0 Å². The number of nitrogens with one attached hydrogen (secondary N) is 5. The molecule has 41 heavy (non-hydrogen) atoms. The second-order valence-electron chi connectivity index (χ2n) is 10.6. The standard InChI is InChI=1S/C31H42ClN5O4/c1-20(2)28-31(40)36-26(19-35-21(3)4)29(38)34-15-7-9-23-8-5-6-10-27(23)41-17-16-33-25(30(39)37-28)18-22-11-13-24(32)14-12-22/h5-6,8,10-14,20,25-26,28,33,35H,3,7,9,15-19H2,1-2,4H3,(H,34,38)(H,36,40)(H,37,39)/t25-,26+,28-/m1/s1. The molecule has 0 radical (unpaired) electrons. The fraction of sp³-hybridized carbons (Fsp3) is 0.452. The first kappa shape index (κ1) is 32.0. The second-order valence-corrected chi connectivity index (χ2v) is 11.1. The highest BCUT2D eigenvalue weighted by Crippen LogP contribution is 2.19. The van der Waals surface area contributed by atoms with Crippen molar-refractivity contribution in [1.29, 1.82) is 0 Å². The molecule has 0 spiro atoms. The molecule has 2 aromatic carbocycles. The summed E-state index contributed by atoms with van der Waals surface area (Å²) in [5.74, 6) is -0.514. The molecule has 0 saturated carbocycles. The van der Waals surface area contributed by atoms with Crippen molar-refractivity contribution in [1.82, 2.24) is 26.6 Å². The van der Waals surface area contributed by atoms with Crippen molar-refractivity contribution in [2.75, 3.05) is 26.2 Å². The van der Waals surface area contributed by atoms with Crippen molar-refractivity contribution in [3.05, 3.63) is 77.0 Å². The Hall–Kier alpha value is -3.56. The van der Waals surface area contributed by atoms with Gasteiger partial charge in [0.05, 0.1) is 6.04 Å². The largest absolute Gasteiger partial charge is 0.492 e. The summed E-state index contributed by atoms with van der Waals surface area (Å²) in [4.78, 5) is 40.1. The predicted octanol–water partition coefficient (Wildman–Crippen LogP) is 2.73. The molecule has 1 aliphatic heterocycles. The fourth-order valence-electron chi connectivity index (χ4n) is 4.51. The molecule has 9 nitrogen and oxygen atoms in total. The SMILES string of the molecule is C=C(C)NC[C@@H]1NC(=O)[C@@H](C(C)C)NC(=O)[C@@H](Cc2ccc(Cl)cc2)NCCOc2ccccc2CCCNC1=O. The summed E-state index contributed by atoms with van der Waals surface area (Å²) in [6.45, 7) is 10.7. The molecule has 222 valence electrons. The molecule has 3 atom stereocenters. The minimum absolute atomic E-state index is 0.170. The van der Waals surface area contributed by atoms with Gasteiger partial charge in [-0.25, -0.2) is 0 Å². The van der Waals surface area contributed by atoms with Crippen LogP contribution in [0.5, 0.6) is 5.75 Å². The van der Waals surface area contributed by atoms with E-state index in [4.69, 9.17) is 16.3 Å². The minimum atomic E-state index is -0.852. The number of allylic oxidation sites excluding steroid dienone is 1. The first-order valence-electron chi connectivity index (χ1n) is 14.1. The number of carbonyl (C=O) groups excluding carboxylic acids is 3. The van der Waals surface area contributed by atoms with Crippen LogP contribution in [0.2, 0.25) is 5.02 Å². The fourth-order valence-corrected chi connectivity index (χ4v) is 4.63. The zero-order valence-corrected chi connectivity index (χ0v) is 24.9. The molecule has 5 N–H and O–H groups in total. The van der Waals surface area contributed by atoms with Gasteiger partial charge in [0.2, 0.25) is 17.7 Å². The number of fused-ring (bicyclic) bond motifs is 1. The lowest BCUT2D eigenvalue weighted by Crippen LogP contribution is -2.59. The summed E-state index contributed by atoms with van der Waals surface area (Å²) in [6, 6.07) is 12.8. The quantitative estimate of drug-likeness (QED) is 0.357. The Labute approximate surface area is 247 Å². The van der Waals surface area contributed by atoms with Crippen LogP contribution >= 0.6 is 11.6 Å². The number of aryl methyl sites for hydroxylation is 1. The number of ether oxygens (including phenoxy) is 1. The Morgan fingerprint density at radius 1 is 1.00 bits per heavy atom. The average molecular weight is 584 g/mol. The van der Waals surface area contributed by atoms with Gasteiger partial charge in [0.15, 0.2) is 0 Å². The van der Waals surface area contributed by atoms with Crippen molar-refractivity contribution >= 4 is 29.3 Å². The second kappa shape index (κ2) is 16.0. The average Bonchev–Trinajstić information content (AvgIpc) is 2.94. The van der Waals surface area contributed by atoms with Crippen LogP contribution in [0.3, 0.4) is 0 Å². The van der Waals surface area contributed by atoms with Gasteiger partial charge in [-0.2, -0.15) is 0 Å². The number of carbonyl (C=O) groups is 3. The van der Waals surface area contributed by atoms with Crippen LogP contribution in [0.15, 0.2) is 60.8 Å². The van der Waals surface area contributed by atoms with Gasteiger partial charge in [0, 0.05) is 30.4 Å². The smallest absolute Gasteiger partial charge is 0.244 e. The summed E-state index contributed by atoms with van der Waals surface area (Å²) < 4.78 is 6.07. The van der Waals surface area contributed by atoms with E-state index in [-0.39, 0.29) is 24.3 Å². The van der Waals surface area contributed by atoms with E-state index < -0.39 is 24.0 Å². The summed E-state index contributed by atoms with van der Waals surface area (Å²) in [7, 11) is 0. The number of para-hydroxylation sites is 1. The zero-order chi connectivity index (χ0) is 29.8. The lowest BCUT2D eigenvalue weighted by molar-refractivity contribution is -0.133. The topological polar surface area (TPSA) is 121 Å². The van der Waals surface area contributed by atoms with E-state index >= 15 is 0 Å². The van der Waals surface area contributed by atoms with Crippen LogP contribution in [-0.4, -0.2) is 62.1 Å². The van der Waals surface area contributed by atoms with Crippen LogP contribution in [0.25, 0.3) is 0 Å². The van der Waals surface area contributed by atoms with Crippen LogP contribution in [0.1, 0.15) is 38.3 Å². The van der Waals surface area contributed by atoms with E-state index in [1.807, 2.05) is 50.2 Å². The van der Waals surface area contributed by atoms with Gasteiger partial charge in [-0.05, 0) is 61.4 Å². The maximum atomic E-state index is 13.6. The number of amides is 3. The molecule has 0 fully saturated rings. The molecule has 10 heteroatoms. The molecule has 3 amide bonds. The number of halogens is 1. The number of benzene rings is 2. The summed E-state index contributed by atoms with van der Waals surface area (Å²) in [6.07, 6.45) is 1.80. The molecular weight excluding hydrogens is 542 g/mol. The third-order valence-electron chi connectivity index (χ3n) is 6.80. The van der Waals surface area contributed by atoms with Crippen molar-refractivity contribution in [3.8, 4) is 5.75 Å². The van der Waals surface area contributed by atoms with Crippen molar-refractivity contribution in [2.45, 2.75) is 58.2 Å². The molecular formula is C31H42ClN5O4. The van der Waals surface area contributed by atoms with E-state index in [1.165, 1.54) is 0 Å². The molecule has 0 aliphatic carbocycles. The van der Waals surface area contributed by atoms with Crippen LogP contribution in [0, 0.1) is 5.92 Å². The molecule has 1 aliphatic rings. The van der Waals surface area contributed by atoms with Gasteiger partial charge in [-0.3, -0.25) is 14.4 Å². The molecule has 1 heterocycles. The molecule has 0 unspecified atom stereocenters. The van der Waals surface area contributed by atoms with E-state index in [1.54, 1.807) is 19.1 Å². The maximum Gasteiger partial charge on any atom is 0.244 e. The highest BCUT2D eigenvalue weighted by Gasteiger charge is 2.31. The van der Waals surface area contributed by atoms with Gasteiger partial charge in [0.1, 0.15) is 24.4 Å². The van der Waals surface area contributed by atoms with Gasteiger partial charge in [-0.15, -0.1) is 0 Å². The molecule has 0 saturated heterocycles. The zero-order valence-electron chi connectivity index (χ0n) is 24.1. The van der Waals surface area contributed by atoms with Crippen LogP contribution in [-0.2, 0) is 27.2 Å². The number of rotatable bonds is 6. The normalized spacial score (nSPS) is 21.3.